The summed E-state index contributed by atoms with van der Waals surface area (Å²) in [4.78, 5) is 23.7. The molecule has 9 nitrogen and oxygen atoms in total. The number of nitrogens with one attached hydrogen (secondary N) is 2. The highest BCUT2D eigenvalue weighted by atomic mass is 32.2. The first-order valence-electron chi connectivity index (χ1n) is 10.2. The van der Waals surface area contributed by atoms with Crippen molar-refractivity contribution in [1.29, 1.82) is 5.26 Å². The van der Waals surface area contributed by atoms with Crippen molar-refractivity contribution in [2.75, 3.05) is 9.62 Å². The lowest BCUT2D eigenvalue weighted by Gasteiger charge is -2.26. The van der Waals surface area contributed by atoms with Crippen molar-refractivity contribution in [3.05, 3.63) is 66.6 Å². The van der Waals surface area contributed by atoms with Crippen molar-refractivity contribution >= 4 is 45.4 Å². The monoisotopic (exact) mass is 457 g/mol. The van der Waals surface area contributed by atoms with Crippen molar-refractivity contribution in [3.8, 4) is 17.2 Å². The molecule has 3 heterocycles. The number of amides is 1. The van der Waals surface area contributed by atoms with E-state index in [4.69, 9.17) is 5.26 Å². The Morgan fingerprint density at radius 1 is 1.18 bits per heavy atom. The number of nitriles is 1. The number of fused-ring (bicyclic) bond motifs is 1. The van der Waals surface area contributed by atoms with Crippen LogP contribution in [0.25, 0.3) is 22.2 Å². The van der Waals surface area contributed by atoms with Crippen molar-refractivity contribution in [1.82, 2.24) is 15.0 Å². The Balaban J connectivity index is 1.49. The second kappa shape index (κ2) is 8.46. The predicted molar refractivity (Wildman–Crippen MR) is 123 cm³/mol. The summed E-state index contributed by atoms with van der Waals surface area (Å²) in [6.07, 6.45) is 4.92. The first kappa shape index (κ1) is 20.8. The van der Waals surface area contributed by atoms with Gasteiger partial charge in [0.15, 0.2) is 0 Å². The molecule has 1 amide bonds. The van der Waals surface area contributed by atoms with Crippen LogP contribution in [-0.2, 0) is 16.1 Å². The van der Waals surface area contributed by atoms with Gasteiger partial charge in [0.05, 0.1) is 28.8 Å². The number of pyridine rings is 2. The van der Waals surface area contributed by atoms with Crippen LogP contribution in [0, 0.1) is 17.2 Å². The third-order valence-electron chi connectivity index (χ3n) is 5.39. The summed E-state index contributed by atoms with van der Waals surface area (Å²) in [7, 11) is 0. The lowest BCUT2D eigenvalue weighted by atomic mass is 10.0. The minimum absolute atomic E-state index is 0.0284. The molecule has 1 aromatic carbocycles. The fourth-order valence-corrected chi connectivity index (χ4v) is 4.16. The van der Waals surface area contributed by atoms with E-state index in [1.807, 2.05) is 18.2 Å². The minimum Gasteiger partial charge on any atom is -0.755 e. The van der Waals surface area contributed by atoms with Crippen LogP contribution >= 0.6 is 0 Å². The molecule has 1 unspecified atom stereocenters. The molecule has 1 atom stereocenters. The van der Waals surface area contributed by atoms with Crippen molar-refractivity contribution in [2.24, 2.45) is 5.92 Å². The van der Waals surface area contributed by atoms with E-state index in [9.17, 15) is 13.6 Å². The molecule has 1 aliphatic carbocycles. The predicted octanol–water partition coefficient (Wildman–Crippen LogP) is 3.78. The molecule has 3 aromatic heterocycles. The van der Waals surface area contributed by atoms with Crippen LogP contribution in [0.4, 0.5) is 17.2 Å². The van der Waals surface area contributed by atoms with Gasteiger partial charge in [0.2, 0.25) is 5.91 Å². The van der Waals surface area contributed by atoms with Gasteiger partial charge in [-0.05, 0) is 60.4 Å². The molecule has 1 fully saturated rings. The number of benzene rings is 1. The number of aromatic nitrogens is 3. The van der Waals surface area contributed by atoms with Gasteiger partial charge in [-0.1, -0.05) is 12.1 Å². The molecule has 0 saturated heterocycles. The molecular weight excluding hydrogens is 440 g/mol. The second-order valence-corrected chi connectivity index (χ2v) is 8.43. The summed E-state index contributed by atoms with van der Waals surface area (Å²) in [5, 5.41) is 12.7. The third kappa shape index (κ3) is 4.19. The van der Waals surface area contributed by atoms with Gasteiger partial charge in [-0.25, -0.2) is 9.97 Å². The molecule has 0 radical (unpaired) electrons. The molecule has 1 aliphatic rings. The average molecular weight is 457 g/mol. The molecule has 2 N–H and O–H groups in total. The van der Waals surface area contributed by atoms with E-state index >= 15 is 0 Å². The fourth-order valence-electron chi connectivity index (χ4n) is 3.58. The molecule has 4 aromatic rings. The zero-order chi connectivity index (χ0) is 22.9. The highest BCUT2D eigenvalue weighted by Crippen LogP contribution is 2.34. The van der Waals surface area contributed by atoms with Crippen LogP contribution in [0.5, 0.6) is 0 Å². The van der Waals surface area contributed by atoms with E-state index in [2.05, 4.69) is 20.3 Å². The highest BCUT2D eigenvalue weighted by Gasteiger charge is 2.30. The Morgan fingerprint density at radius 2 is 1.94 bits per heavy atom. The highest BCUT2D eigenvalue weighted by molar-refractivity contribution is 7.81. The minimum atomic E-state index is -2.59. The SMILES string of the molecule is N#Cc1ccc(N(c2ccc(-c3cc(NC(=O)C4CC4)nc4[nH]ccc34)cc2)S(=O)[O-])cn1. The number of carbonyl (C=O) groups excluding carboxylic acids is 1. The fraction of sp³-hybridized carbons (Fsp3) is 0.130. The number of hydrogen-bond acceptors (Lipinski definition) is 6. The standard InChI is InChI=1S/C23H18N6O3S/c24-12-16-5-8-18(13-26-16)29(33(31)32)17-6-3-14(4-7-17)20-11-21(28-23(30)15-1-2-15)27-22-19(20)9-10-25-22/h3-11,13,15H,1-2H2,(H,31,32)(H2,25,27,28,30)/p-1. The van der Waals surface area contributed by atoms with E-state index in [-0.39, 0.29) is 17.5 Å². The van der Waals surface area contributed by atoms with Crippen LogP contribution in [0.1, 0.15) is 18.5 Å². The third-order valence-corrected chi connectivity index (χ3v) is 6.11. The van der Waals surface area contributed by atoms with Gasteiger partial charge in [-0.15, -0.1) is 0 Å². The van der Waals surface area contributed by atoms with Crippen LogP contribution < -0.4 is 9.62 Å². The van der Waals surface area contributed by atoms with Gasteiger partial charge >= 0.3 is 0 Å². The summed E-state index contributed by atoms with van der Waals surface area (Å²) >= 11 is -2.59. The summed E-state index contributed by atoms with van der Waals surface area (Å²) in [6.45, 7) is 0. The number of H-pyrrole nitrogens is 1. The van der Waals surface area contributed by atoms with E-state index in [1.165, 1.54) is 18.3 Å². The van der Waals surface area contributed by atoms with Crippen LogP contribution in [0.15, 0.2) is 60.9 Å². The van der Waals surface area contributed by atoms with Gasteiger partial charge in [0, 0.05) is 17.5 Å². The van der Waals surface area contributed by atoms with E-state index in [0.29, 0.717) is 22.8 Å². The molecule has 33 heavy (non-hydrogen) atoms. The molecular formula is C23H17N6O3S-. The van der Waals surface area contributed by atoms with Crippen LogP contribution in [0.2, 0.25) is 0 Å². The van der Waals surface area contributed by atoms with Crippen molar-refractivity contribution in [3.63, 3.8) is 0 Å². The molecule has 164 valence electrons. The summed E-state index contributed by atoms with van der Waals surface area (Å²) in [5.74, 6) is 0.496. The quantitative estimate of drug-likeness (QED) is 0.423. The molecule has 0 spiro atoms. The number of carbonyl (C=O) groups is 1. The lowest BCUT2D eigenvalue weighted by molar-refractivity contribution is -0.117. The maximum Gasteiger partial charge on any atom is 0.228 e. The summed E-state index contributed by atoms with van der Waals surface area (Å²) < 4.78 is 25.0. The Kier molecular flexibility index (Phi) is 5.34. The molecule has 10 heteroatoms. The molecule has 1 saturated carbocycles. The van der Waals surface area contributed by atoms with Crippen LogP contribution in [0.3, 0.4) is 0 Å². The molecule has 5 rings (SSSR count). The summed E-state index contributed by atoms with van der Waals surface area (Å²) in [5.41, 5.74) is 3.27. The van der Waals surface area contributed by atoms with Gasteiger partial charge in [0.1, 0.15) is 23.2 Å². The molecule has 0 bridgehead atoms. The lowest BCUT2D eigenvalue weighted by Crippen LogP contribution is -2.19. The van der Waals surface area contributed by atoms with E-state index in [1.54, 1.807) is 30.5 Å². The maximum absolute atomic E-state index is 12.2. The number of anilines is 3. The normalized spacial score (nSPS) is 13.9. The topological polar surface area (TPSA) is 138 Å². The van der Waals surface area contributed by atoms with Gasteiger partial charge < -0.3 is 14.9 Å². The zero-order valence-electron chi connectivity index (χ0n) is 17.2. The van der Waals surface area contributed by atoms with Crippen molar-refractivity contribution < 1.29 is 13.6 Å². The number of rotatable bonds is 6. The second-order valence-electron chi connectivity index (χ2n) is 7.63. The Bertz CT molecular complexity index is 1410. The number of nitrogens with zero attached hydrogens (tertiary/aromatic N) is 4. The van der Waals surface area contributed by atoms with Gasteiger partial charge in [0.25, 0.3) is 0 Å². The Morgan fingerprint density at radius 3 is 2.58 bits per heavy atom. The van der Waals surface area contributed by atoms with Gasteiger partial charge in [-0.3, -0.25) is 13.3 Å². The first-order valence-corrected chi connectivity index (χ1v) is 11.2. The smallest absolute Gasteiger partial charge is 0.228 e. The maximum atomic E-state index is 12.2. The van der Waals surface area contributed by atoms with Crippen molar-refractivity contribution in [2.45, 2.75) is 12.8 Å². The average Bonchev–Trinajstić information content (AvgIpc) is 3.57. The van der Waals surface area contributed by atoms with Crippen LogP contribution in [-0.4, -0.2) is 29.6 Å². The number of hydrogen-bond donors (Lipinski definition) is 2. The number of aromatic amines is 1. The van der Waals surface area contributed by atoms with Gasteiger partial charge in [-0.2, -0.15) is 5.26 Å². The zero-order valence-corrected chi connectivity index (χ0v) is 18.0. The van der Waals surface area contributed by atoms with E-state index < -0.39 is 11.3 Å². The van der Waals surface area contributed by atoms with E-state index in [0.717, 1.165) is 33.7 Å². The first-order chi connectivity index (χ1) is 16.0. The largest absolute Gasteiger partial charge is 0.755 e. The Labute approximate surface area is 191 Å². The Hall–Kier alpha value is -4.07. The summed E-state index contributed by atoms with van der Waals surface area (Å²) in [6, 6.07) is 15.6. The molecule has 0 aliphatic heterocycles.